The monoisotopic (exact) mass is 238 g/mol. The van der Waals surface area contributed by atoms with Crippen molar-refractivity contribution < 1.29 is 9.53 Å². The van der Waals surface area contributed by atoms with Gasteiger partial charge in [0.2, 0.25) is 5.66 Å². The maximum absolute atomic E-state index is 12.0. The van der Waals surface area contributed by atoms with Gasteiger partial charge in [-0.15, -0.1) is 0 Å². The zero-order valence-electron chi connectivity index (χ0n) is 10.4. The summed E-state index contributed by atoms with van der Waals surface area (Å²) in [6, 6.07) is 0. The number of ether oxygens (including phenoxy) is 1. The molecular weight excluding hydrogens is 220 g/mol. The van der Waals surface area contributed by atoms with Crippen molar-refractivity contribution in [1.82, 2.24) is 0 Å². The highest BCUT2D eigenvalue weighted by molar-refractivity contribution is 5.84. The van der Waals surface area contributed by atoms with E-state index in [4.69, 9.17) is 16.0 Å². The molecule has 1 rings (SSSR count). The molecule has 0 aromatic carbocycles. The van der Waals surface area contributed by atoms with Crippen LogP contribution in [0.25, 0.3) is 10.4 Å². The SMILES string of the molecule is CC(C)(C)OC(=O)C(N)(N=[N+]=[N-])C1=CCCC1. The van der Waals surface area contributed by atoms with Gasteiger partial charge in [0.25, 0.3) is 0 Å². The third-order valence-electron chi connectivity index (χ3n) is 2.44. The van der Waals surface area contributed by atoms with E-state index in [0.29, 0.717) is 12.0 Å². The number of nitrogens with two attached hydrogens (primary N) is 1. The minimum atomic E-state index is -1.70. The highest BCUT2D eigenvalue weighted by Gasteiger charge is 2.41. The van der Waals surface area contributed by atoms with Crippen molar-refractivity contribution in [3.63, 3.8) is 0 Å². The molecule has 0 aromatic rings. The van der Waals surface area contributed by atoms with E-state index in [9.17, 15) is 4.79 Å². The molecule has 6 nitrogen and oxygen atoms in total. The van der Waals surface area contributed by atoms with E-state index in [1.165, 1.54) is 0 Å². The molecule has 0 aromatic heterocycles. The normalized spacial score (nSPS) is 18.9. The first-order valence-electron chi connectivity index (χ1n) is 5.58. The Morgan fingerprint density at radius 2 is 2.24 bits per heavy atom. The first-order valence-corrected chi connectivity index (χ1v) is 5.58. The van der Waals surface area contributed by atoms with Crippen LogP contribution in [0, 0.1) is 0 Å². The number of esters is 1. The number of nitrogens with zero attached hydrogens (tertiary/aromatic N) is 3. The molecule has 0 spiro atoms. The van der Waals surface area contributed by atoms with Gasteiger partial charge in [-0.1, -0.05) is 11.2 Å². The van der Waals surface area contributed by atoms with Gasteiger partial charge in [-0.05, 0) is 51.1 Å². The number of carbonyl (C=O) groups is 1. The van der Waals surface area contributed by atoms with Gasteiger partial charge in [-0.25, -0.2) is 4.79 Å². The van der Waals surface area contributed by atoms with Crippen molar-refractivity contribution in [2.45, 2.75) is 51.3 Å². The second-order valence-electron chi connectivity index (χ2n) is 5.08. The minimum Gasteiger partial charge on any atom is -0.458 e. The number of azide groups is 1. The molecule has 1 atom stereocenters. The summed E-state index contributed by atoms with van der Waals surface area (Å²) in [6.45, 7) is 5.22. The fourth-order valence-corrected chi connectivity index (χ4v) is 1.68. The van der Waals surface area contributed by atoms with Crippen molar-refractivity contribution >= 4 is 5.97 Å². The topological polar surface area (TPSA) is 101 Å². The number of allylic oxidation sites excluding steroid dienone is 1. The van der Waals surface area contributed by atoms with E-state index in [1.54, 1.807) is 20.8 Å². The molecule has 17 heavy (non-hydrogen) atoms. The zero-order valence-corrected chi connectivity index (χ0v) is 10.4. The van der Waals surface area contributed by atoms with Crippen LogP contribution in [0.2, 0.25) is 0 Å². The van der Waals surface area contributed by atoms with E-state index in [2.05, 4.69) is 10.0 Å². The van der Waals surface area contributed by atoms with Crippen molar-refractivity contribution in [2.75, 3.05) is 0 Å². The fourth-order valence-electron chi connectivity index (χ4n) is 1.68. The molecule has 0 heterocycles. The lowest BCUT2D eigenvalue weighted by Crippen LogP contribution is -2.50. The highest BCUT2D eigenvalue weighted by Crippen LogP contribution is 2.30. The van der Waals surface area contributed by atoms with Crippen LogP contribution in [0.4, 0.5) is 0 Å². The maximum atomic E-state index is 12.0. The molecule has 94 valence electrons. The summed E-state index contributed by atoms with van der Waals surface area (Å²) in [6.07, 6.45) is 4.27. The van der Waals surface area contributed by atoms with Gasteiger partial charge in [0.1, 0.15) is 5.60 Å². The number of hydrogen-bond donors (Lipinski definition) is 1. The van der Waals surface area contributed by atoms with Crippen LogP contribution in [0.5, 0.6) is 0 Å². The van der Waals surface area contributed by atoms with E-state index < -0.39 is 17.2 Å². The molecule has 0 radical (unpaired) electrons. The van der Waals surface area contributed by atoms with Gasteiger partial charge in [0.05, 0.1) is 0 Å². The molecule has 0 saturated carbocycles. The van der Waals surface area contributed by atoms with Gasteiger partial charge >= 0.3 is 5.97 Å². The van der Waals surface area contributed by atoms with Gasteiger partial charge < -0.3 is 10.5 Å². The Morgan fingerprint density at radius 3 is 2.65 bits per heavy atom. The molecular formula is C11H18N4O2. The molecule has 6 heteroatoms. The zero-order chi connectivity index (χ0) is 13.1. The Morgan fingerprint density at radius 1 is 1.59 bits per heavy atom. The molecule has 0 saturated heterocycles. The summed E-state index contributed by atoms with van der Waals surface area (Å²) >= 11 is 0. The average molecular weight is 238 g/mol. The van der Waals surface area contributed by atoms with E-state index in [-0.39, 0.29) is 0 Å². The van der Waals surface area contributed by atoms with Crippen LogP contribution in [0.3, 0.4) is 0 Å². The van der Waals surface area contributed by atoms with Crippen molar-refractivity contribution in [1.29, 1.82) is 0 Å². The Hall–Kier alpha value is -1.52. The lowest BCUT2D eigenvalue weighted by Gasteiger charge is -2.28. The van der Waals surface area contributed by atoms with Crippen molar-refractivity contribution in [3.05, 3.63) is 22.1 Å². The summed E-state index contributed by atoms with van der Waals surface area (Å²) in [7, 11) is 0. The smallest absolute Gasteiger partial charge is 0.337 e. The second kappa shape index (κ2) is 4.77. The van der Waals surface area contributed by atoms with E-state index >= 15 is 0 Å². The summed E-state index contributed by atoms with van der Waals surface area (Å²) < 4.78 is 5.20. The van der Waals surface area contributed by atoms with Gasteiger partial charge in [0, 0.05) is 4.91 Å². The Kier molecular flexibility index (Phi) is 3.80. The summed E-state index contributed by atoms with van der Waals surface area (Å²) in [5.74, 6) is -0.698. The van der Waals surface area contributed by atoms with Gasteiger partial charge in [-0.3, -0.25) is 0 Å². The maximum Gasteiger partial charge on any atom is 0.337 e. The molecule has 0 bridgehead atoms. The molecule has 1 aliphatic carbocycles. The summed E-state index contributed by atoms with van der Waals surface area (Å²) in [5, 5.41) is 3.44. The van der Waals surface area contributed by atoms with Gasteiger partial charge in [-0.2, -0.15) is 0 Å². The predicted octanol–water partition coefficient (Wildman–Crippen LogP) is 2.40. The molecule has 0 aliphatic heterocycles. The largest absolute Gasteiger partial charge is 0.458 e. The Labute approximate surface area is 100 Å². The lowest BCUT2D eigenvalue weighted by molar-refractivity contribution is -0.159. The van der Waals surface area contributed by atoms with Crippen LogP contribution in [0.15, 0.2) is 16.8 Å². The summed E-state index contributed by atoms with van der Waals surface area (Å²) in [4.78, 5) is 14.7. The first kappa shape index (κ1) is 13.5. The van der Waals surface area contributed by atoms with Crippen LogP contribution in [-0.4, -0.2) is 17.2 Å². The first-order chi connectivity index (χ1) is 7.79. The van der Waals surface area contributed by atoms with E-state index in [0.717, 1.165) is 12.8 Å². The second-order valence-corrected chi connectivity index (χ2v) is 5.08. The molecule has 2 N–H and O–H groups in total. The standard InChI is InChI=1S/C11H18N4O2/c1-10(2,3)17-9(16)11(12,14-15-13)8-6-4-5-7-8/h6H,4-5,7,12H2,1-3H3. The molecule has 1 aliphatic rings. The predicted molar refractivity (Wildman–Crippen MR) is 63.8 cm³/mol. The molecule has 0 fully saturated rings. The molecule has 1 unspecified atom stereocenters. The van der Waals surface area contributed by atoms with Gasteiger partial charge in [0.15, 0.2) is 0 Å². The number of rotatable bonds is 3. The lowest BCUT2D eigenvalue weighted by atomic mass is 10.0. The van der Waals surface area contributed by atoms with Crippen LogP contribution < -0.4 is 5.73 Å². The molecule has 0 amide bonds. The van der Waals surface area contributed by atoms with Crippen LogP contribution in [0.1, 0.15) is 40.0 Å². The van der Waals surface area contributed by atoms with E-state index in [1.807, 2.05) is 6.08 Å². The van der Waals surface area contributed by atoms with Crippen molar-refractivity contribution in [3.8, 4) is 0 Å². The quantitative estimate of drug-likeness (QED) is 0.268. The third kappa shape index (κ3) is 3.22. The highest BCUT2D eigenvalue weighted by atomic mass is 16.6. The number of carbonyl (C=O) groups excluding carboxylic acids is 1. The summed E-state index contributed by atoms with van der Waals surface area (Å²) in [5.41, 5.74) is 12.7. The van der Waals surface area contributed by atoms with Crippen molar-refractivity contribution in [2.24, 2.45) is 10.8 Å². The van der Waals surface area contributed by atoms with Crippen LogP contribution in [-0.2, 0) is 9.53 Å². The van der Waals surface area contributed by atoms with Crippen LogP contribution >= 0.6 is 0 Å². The third-order valence-corrected chi connectivity index (χ3v) is 2.44. The Balaban J connectivity index is 2.99. The number of hydrogen-bond acceptors (Lipinski definition) is 4. The average Bonchev–Trinajstić information content (AvgIpc) is 2.68. The fraction of sp³-hybridized carbons (Fsp3) is 0.727. The minimum absolute atomic E-state index is 0.643. The Bertz CT molecular complexity index is 391.